The molecule has 2 atom stereocenters. The molecule has 102 valence electrons. The molecule has 5 nitrogen and oxygen atoms in total. The number of rotatable bonds is 4. The molecule has 18 heavy (non-hydrogen) atoms. The zero-order valence-electron chi connectivity index (χ0n) is 10.7. The lowest BCUT2D eigenvalue weighted by Crippen LogP contribution is -3.20. The summed E-state index contributed by atoms with van der Waals surface area (Å²) in [7, 11) is 0. The van der Waals surface area contributed by atoms with E-state index in [4.69, 9.17) is 0 Å². The highest BCUT2D eigenvalue weighted by molar-refractivity contribution is 5.84. The van der Waals surface area contributed by atoms with Gasteiger partial charge in [-0.3, -0.25) is 4.79 Å². The first-order chi connectivity index (χ1) is 8.66. The predicted octanol–water partition coefficient (Wildman–Crippen LogP) is -1.91. The summed E-state index contributed by atoms with van der Waals surface area (Å²) in [5, 5.41) is 13.5. The van der Waals surface area contributed by atoms with E-state index >= 15 is 0 Å². The van der Waals surface area contributed by atoms with E-state index in [9.17, 15) is 14.7 Å². The Morgan fingerprint density at radius 2 is 2.06 bits per heavy atom. The number of quaternary nitrogens is 1. The van der Waals surface area contributed by atoms with Gasteiger partial charge in [0.05, 0.1) is 19.6 Å². The van der Waals surface area contributed by atoms with Crippen LogP contribution in [0.25, 0.3) is 0 Å². The van der Waals surface area contributed by atoms with Crippen LogP contribution in [0.4, 0.5) is 0 Å². The summed E-state index contributed by atoms with van der Waals surface area (Å²) in [6.45, 7) is 2.43. The maximum Gasteiger partial charge on any atom is 0.278 e. The van der Waals surface area contributed by atoms with Crippen LogP contribution in [-0.4, -0.2) is 37.6 Å². The van der Waals surface area contributed by atoms with Crippen LogP contribution >= 0.6 is 0 Å². The molecule has 1 heterocycles. The second-order valence-electron chi connectivity index (χ2n) is 5.54. The van der Waals surface area contributed by atoms with E-state index < -0.39 is 12.0 Å². The lowest BCUT2D eigenvalue weighted by Gasteiger charge is -2.35. The fourth-order valence-electron chi connectivity index (χ4n) is 3.24. The van der Waals surface area contributed by atoms with Crippen molar-refractivity contribution in [2.45, 2.75) is 44.6 Å². The first kappa shape index (κ1) is 13.3. The number of nitrogens with one attached hydrogen (secondary N) is 2. The Morgan fingerprint density at radius 1 is 1.33 bits per heavy atom. The molecule has 5 heteroatoms. The molecule has 1 amide bonds. The zero-order valence-corrected chi connectivity index (χ0v) is 10.7. The van der Waals surface area contributed by atoms with Gasteiger partial charge in [0.25, 0.3) is 5.91 Å². The molecule has 2 N–H and O–H groups in total. The van der Waals surface area contributed by atoms with E-state index in [1.165, 1.54) is 32.1 Å². The number of carbonyl (C=O) groups is 2. The van der Waals surface area contributed by atoms with Crippen LogP contribution in [0.15, 0.2) is 0 Å². The van der Waals surface area contributed by atoms with E-state index in [0.29, 0.717) is 12.5 Å². The van der Waals surface area contributed by atoms with Gasteiger partial charge >= 0.3 is 0 Å². The second-order valence-corrected chi connectivity index (χ2v) is 5.54. The molecule has 2 rings (SSSR count). The van der Waals surface area contributed by atoms with Gasteiger partial charge in [-0.1, -0.05) is 19.3 Å². The Balaban J connectivity index is 1.93. The Labute approximate surface area is 108 Å². The molecule has 1 aliphatic heterocycles. The van der Waals surface area contributed by atoms with Crippen molar-refractivity contribution in [3.05, 3.63) is 0 Å². The molecule has 0 aromatic heterocycles. The van der Waals surface area contributed by atoms with Crippen molar-refractivity contribution >= 4 is 11.9 Å². The van der Waals surface area contributed by atoms with Crippen molar-refractivity contribution in [1.82, 2.24) is 5.32 Å². The fourth-order valence-corrected chi connectivity index (χ4v) is 3.24. The normalized spacial score (nSPS) is 29.9. The standard InChI is InChI=1S/C13H22N2O3/c16-12(17)8-11-13(18)14-6-7-15(11)9-10-4-2-1-3-5-10/h10-11H,1-9H2,(H,14,18)(H,16,17)/t11-/m0/s1. The maximum atomic E-state index is 11.8. The minimum absolute atomic E-state index is 0.128. The number of carboxylic acid groups (broad SMARTS) is 1. The molecular formula is C13H22N2O3. The molecule has 2 aliphatic rings. The van der Waals surface area contributed by atoms with Crippen LogP contribution < -0.4 is 15.3 Å². The first-order valence-corrected chi connectivity index (χ1v) is 6.99. The molecule has 0 aromatic rings. The van der Waals surface area contributed by atoms with Gasteiger partial charge in [-0.05, 0) is 12.8 Å². The highest BCUT2D eigenvalue weighted by Gasteiger charge is 2.35. The van der Waals surface area contributed by atoms with Crippen molar-refractivity contribution in [2.75, 3.05) is 19.6 Å². The topological polar surface area (TPSA) is 73.7 Å². The Hall–Kier alpha value is -1.10. The quantitative estimate of drug-likeness (QED) is 0.615. The van der Waals surface area contributed by atoms with Crippen molar-refractivity contribution < 1.29 is 19.6 Å². The number of carboxylic acids is 1. The number of hydrogen-bond donors (Lipinski definition) is 2. The summed E-state index contributed by atoms with van der Waals surface area (Å²) in [5.74, 6) is -0.599. The fraction of sp³-hybridized carbons (Fsp3) is 0.846. The van der Waals surface area contributed by atoms with Crippen LogP contribution in [0.3, 0.4) is 0 Å². The summed E-state index contributed by atoms with van der Waals surface area (Å²) in [4.78, 5) is 23.6. The molecule has 1 unspecified atom stereocenters. The summed E-state index contributed by atoms with van der Waals surface area (Å²) >= 11 is 0. The highest BCUT2D eigenvalue weighted by atomic mass is 16.4. The van der Waals surface area contributed by atoms with Crippen LogP contribution in [0, 0.1) is 5.92 Å². The minimum atomic E-state index is -1.13. The van der Waals surface area contributed by atoms with Gasteiger partial charge in [0.2, 0.25) is 0 Å². The molecule has 0 radical (unpaired) electrons. The van der Waals surface area contributed by atoms with Crippen molar-refractivity contribution in [3.63, 3.8) is 0 Å². The predicted molar refractivity (Wildman–Crippen MR) is 63.7 cm³/mol. The first-order valence-electron chi connectivity index (χ1n) is 6.99. The summed E-state index contributed by atoms with van der Waals surface area (Å²) in [6.07, 6.45) is 6.15. The summed E-state index contributed by atoms with van der Waals surface area (Å²) < 4.78 is 0. The van der Waals surface area contributed by atoms with Gasteiger partial charge < -0.3 is 20.1 Å². The van der Waals surface area contributed by atoms with Crippen LogP contribution in [0.5, 0.6) is 0 Å². The molecule has 0 spiro atoms. The number of piperazine rings is 1. The molecule has 1 saturated carbocycles. The van der Waals surface area contributed by atoms with Gasteiger partial charge in [-0.15, -0.1) is 0 Å². The maximum absolute atomic E-state index is 11.8. The third kappa shape index (κ3) is 3.45. The second kappa shape index (κ2) is 6.18. The molecule has 2 fully saturated rings. The third-order valence-electron chi connectivity index (χ3n) is 4.20. The van der Waals surface area contributed by atoms with Gasteiger partial charge in [-0.25, -0.2) is 0 Å². The number of carbonyl (C=O) groups excluding carboxylic acids is 2. The molecule has 1 saturated heterocycles. The smallest absolute Gasteiger partial charge is 0.278 e. The van der Waals surface area contributed by atoms with E-state index in [1.807, 2.05) is 0 Å². The Kier molecular flexibility index (Phi) is 4.58. The van der Waals surface area contributed by atoms with Crippen LogP contribution in [-0.2, 0) is 9.59 Å². The highest BCUT2D eigenvalue weighted by Crippen LogP contribution is 2.22. The van der Waals surface area contributed by atoms with Crippen molar-refractivity contribution in [3.8, 4) is 0 Å². The summed E-state index contributed by atoms with van der Waals surface area (Å²) in [5.41, 5.74) is 0. The largest absolute Gasteiger partial charge is 0.550 e. The van der Waals surface area contributed by atoms with E-state index in [1.54, 1.807) is 0 Å². The third-order valence-corrected chi connectivity index (χ3v) is 4.20. The van der Waals surface area contributed by atoms with Crippen molar-refractivity contribution in [1.29, 1.82) is 0 Å². The average molecular weight is 254 g/mol. The van der Waals surface area contributed by atoms with E-state index in [0.717, 1.165) is 18.0 Å². The number of amides is 1. The van der Waals surface area contributed by atoms with Gasteiger partial charge in [-0.2, -0.15) is 0 Å². The van der Waals surface area contributed by atoms with Gasteiger partial charge in [0, 0.05) is 18.3 Å². The van der Waals surface area contributed by atoms with E-state index in [-0.39, 0.29) is 12.3 Å². The Bertz CT molecular complexity index is 313. The molecule has 0 bridgehead atoms. The molecule has 1 aliphatic carbocycles. The van der Waals surface area contributed by atoms with Gasteiger partial charge in [0.15, 0.2) is 6.04 Å². The Morgan fingerprint density at radius 3 is 2.72 bits per heavy atom. The van der Waals surface area contributed by atoms with Crippen LogP contribution in [0.2, 0.25) is 0 Å². The minimum Gasteiger partial charge on any atom is -0.550 e. The molecular weight excluding hydrogens is 232 g/mol. The lowest BCUT2D eigenvalue weighted by molar-refractivity contribution is -0.920. The number of hydrogen-bond acceptors (Lipinski definition) is 3. The monoisotopic (exact) mass is 254 g/mol. The lowest BCUT2D eigenvalue weighted by atomic mass is 9.88. The molecule has 0 aromatic carbocycles. The zero-order chi connectivity index (χ0) is 13.0. The van der Waals surface area contributed by atoms with E-state index in [2.05, 4.69) is 5.32 Å². The summed E-state index contributed by atoms with van der Waals surface area (Å²) in [6, 6.07) is -0.453. The van der Waals surface area contributed by atoms with Gasteiger partial charge in [0.1, 0.15) is 0 Å². The number of aliphatic carboxylic acids is 1. The van der Waals surface area contributed by atoms with Crippen molar-refractivity contribution in [2.24, 2.45) is 5.92 Å². The SMILES string of the molecule is O=C([O-])C[C@H]1C(=O)NCC[NH+]1CC1CCCCC1. The van der Waals surface area contributed by atoms with Crippen LogP contribution in [0.1, 0.15) is 38.5 Å². The average Bonchev–Trinajstić information content (AvgIpc) is 2.34.